The summed E-state index contributed by atoms with van der Waals surface area (Å²) in [6.07, 6.45) is -8.36. The Kier molecular flexibility index (Phi) is 7.90. The third kappa shape index (κ3) is 4.71. The highest BCUT2D eigenvalue weighted by Gasteiger charge is 2.48. The number of aliphatic hydroxyl groups excluding tert-OH is 4. The zero-order chi connectivity index (χ0) is 26.1. The Labute approximate surface area is 208 Å². The van der Waals surface area contributed by atoms with E-state index < -0.39 is 55.4 Å². The molecule has 0 aromatic heterocycles. The number of phenolic OH excluding ortho intramolecular Hbond substituents is 2. The molecule has 4 rings (SSSR count). The molecule has 0 amide bonds. The monoisotopic (exact) mass is 508 g/mol. The summed E-state index contributed by atoms with van der Waals surface area (Å²) in [6.45, 7) is -0.599. The first-order valence-electron chi connectivity index (χ1n) is 11.5. The Bertz CT molecular complexity index is 1060. The maximum Gasteiger partial charge on any atom is 0.187 e. The molecule has 198 valence electrons. The SMILES string of the molecule is COc1cc(C2c3cc(O)c(OC)cc3CC(OC)C2OC2OC(CO)C(O)C(O)C2O)ccc1O. The number of phenols is 2. The van der Waals surface area contributed by atoms with Gasteiger partial charge in [0.25, 0.3) is 0 Å². The number of ether oxygens (including phenoxy) is 5. The molecular formula is C25H32O11. The molecule has 1 aliphatic heterocycles. The van der Waals surface area contributed by atoms with E-state index in [0.29, 0.717) is 23.3 Å². The minimum Gasteiger partial charge on any atom is -0.504 e. The predicted molar refractivity (Wildman–Crippen MR) is 124 cm³/mol. The minimum absolute atomic E-state index is 0.0652. The highest BCUT2D eigenvalue weighted by atomic mass is 16.7. The lowest BCUT2D eigenvalue weighted by molar-refractivity contribution is -0.319. The zero-order valence-electron chi connectivity index (χ0n) is 20.1. The van der Waals surface area contributed by atoms with E-state index in [2.05, 4.69) is 0 Å². The second-order valence-corrected chi connectivity index (χ2v) is 8.91. The van der Waals surface area contributed by atoms with Crippen LogP contribution < -0.4 is 9.47 Å². The van der Waals surface area contributed by atoms with E-state index in [-0.39, 0.29) is 17.2 Å². The standard InChI is InChI=1S/C25H32O11/c1-32-16-6-11(4-5-14(16)27)20-13-9-15(28)17(33-2)7-12(13)8-18(34-3)24(20)36-25-23(31)22(30)21(29)19(10-26)35-25/h4-7,9,18-31H,8,10H2,1-3H3. The largest absolute Gasteiger partial charge is 0.504 e. The second kappa shape index (κ2) is 10.8. The van der Waals surface area contributed by atoms with E-state index in [1.165, 1.54) is 27.4 Å². The summed E-state index contributed by atoms with van der Waals surface area (Å²) in [5.74, 6) is -0.256. The van der Waals surface area contributed by atoms with Gasteiger partial charge in [0.15, 0.2) is 29.3 Å². The van der Waals surface area contributed by atoms with Gasteiger partial charge in [-0.3, -0.25) is 0 Å². The highest BCUT2D eigenvalue weighted by molar-refractivity contribution is 5.54. The molecule has 1 heterocycles. The fraction of sp³-hybridized carbons (Fsp3) is 0.520. The van der Waals surface area contributed by atoms with E-state index >= 15 is 0 Å². The number of aromatic hydroxyl groups is 2. The van der Waals surface area contributed by atoms with Crippen LogP contribution in [0.25, 0.3) is 0 Å². The third-order valence-corrected chi connectivity index (χ3v) is 6.90. The molecule has 2 aromatic carbocycles. The summed E-state index contributed by atoms with van der Waals surface area (Å²) in [5.41, 5.74) is 2.15. The van der Waals surface area contributed by atoms with Crippen LogP contribution in [-0.4, -0.2) is 101 Å². The van der Waals surface area contributed by atoms with E-state index in [1.54, 1.807) is 24.3 Å². The van der Waals surface area contributed by atoms with Crippen molar-refractivity contribution in [2.45, 2.75) is 55.3 Å². The Balaban J connectivity index is 1.81. The number of benzene rings is 2. The van der Waals surface area contributed by atoms with Gasteiger partial charge in [-0.15, -0.1) is 0 Å². The predicted octanol–water partition coefficient (Wildman–Crippen LogP) is 0.00310. The average Bonchev–Trinajstić information content (AvgIpc) is 2.88. The molecule has 6 N–H and O–H groups in total. The molecule has 1 saturated heterocycles. The third-order valence-electron chi connectivity index (χ3n) is 6.90. The van der Waals surface area contributed by atoms with Crippen molar-refractivity contribution in [2.75, 3.05) is 27.9 Å². The number of rotatable bonds is 7. The van der Waals surface area contributed by atoms with Crippen LogP contribution in [0.2, 0.25) is 0 Å². The number of hydrogen-bond donors (Lipinski definition) is 6. The van der Waals surface area contributed by atoms with Gasteiger partial charge in [0.1, 0.15) is 24.4 Å². The number of methoxy groups -OCH3 is 3. The molecule has 8 atom stereocenters. The number of fused-ring (bicyclic) bond motifs is 1. The van der Waals surface area contributed by atoms with Crippen molar-refractivity contribution in [1.82, 2.24) is 0 Å². The molecular weight excluding hydrogens is 476 g/mol. The van der Waals surface area contributed by atoms with E-state index in [4.69, 9.17) is 23.7 Å². The van der Waals surface area contributed by atoms with Gasteiger partial charge in [0.05, 0.1) is 33.0 Å². The van der Waals surface area contributed by atoms with Crippen LogP contribution in [-0.2, 0) is 20.6 Å². The van der Waals surface area contributed by atoms with Crippen molar-refractivity contribution in [1.29, 1.82) is 0 Å². The minimum atomic E-state index is -1.61. The van der Waals surface area contributed by atoms with Crippen molar-refractivity contribution in [3.63, 3.8) is 0 Å². The molecule has 1 aliphatic carbocycles. The molecule has 36 heavy (non-hydrogen) atoms. The Morgan fingerprint density at radius 1 is 0.889 bits per heavy atom. The van der Waals surface area contributed by atoms with Gasteiger partial charge in [0.2, 0.25) is 0 Å². The van der Waals surface area contributed by atoms with E-state index in [9.17, 15) is 30.6 Å². The van der Waals surface area contributed by atoms with Gasteiger partial charge < -0.3 is 54.3 Å². The van der Waals surface area contributed by atoms with Gasteiger partial charge >= 0.3 is 0 Å². The Morgan fingerprint density at radius 3 is 2.22 bits per heavy atom. The smallest absolute Gasteiger partial charge is 0.187 e. The summed E-state index contributed by atoms with van der Waals surface area (Å²) in [6, 6.07) is 8.06. The fourth-order valence-electron chi connectivity index (χ4n) is 4.96. The maximum atomic E-state index is 10.6. The van der Waals surface area contributed by atoms with Gasteiger partial charge in [-0.05, 0) is 41.0 Å². The van der Waals surface area contributed by atoms with Crippen molar-refractivity contribution in [3.8, 4) is 23.0 Å². The van der Waals surface area contributed by atoms with Gasteiger partial charge in [-0.25, -0.2) is 0 Å². The first kappa shape index (κ1) is 26.4. The molecule has 0 saturated carbocycles. The molecule has 0 bridgehead atoms. The molecule has 1 fully saturated rings. The van der Waals surface area contributed by atoms with Crippen LogP contribution in [0, 0.1) is 0 Å². The Morgan fingerprint density at radius 2 is 1.58 bits per heavy atom. The van der Waals surface area contributed by atoms with E-state index in [1.807, 2.05) is 0 Å². The quantitative estimate of drug-likeness (QED) is 0.298. The topological polar surface area (TPSA) is 168 Å². The van der Waals surface area contributed by atoms with E-state index in [0.717, 1.165) is 5.56 Å². The van der Waals surface area contributed by atoms with Gasteiger partial charge in [-0.2, -0.15) is 0 Å². The summed E-state index contributed by atoms with van der Waals surface area (Å²) in [4.78, 5) is 0. The Hall–Kier alpha value is -2.64. The van der Waals surface area contributed by atoms with Crippen molar-refractivity contribution >= 4 is 0 Å². The summed E-state index contributed by atoms with van der Waals surface area (Å²) >= 11 is 0. The number of aliphatic hydroxyl groups is 4. The normalized spacial score (nSPS) is 32.1. The van der Waals surface area contributed by atoms with Crippen LogP contribution >= 0.6 is 0 Å². The fourth-order valence-corrected chi connectivity index (χ4v) is 4.96. The average molecular weight is 509 g/mol. The zero-order valence-corrected chi connectivity index (χ0v) is 20.1. The molecule has 0 radical (unpaired) electrons. The lowest BCUT2D eigenvalue weighted by atomic mass is 9.75. The van der Waals surface area contributed by atoms with Gasteiger partial charge in [0, 0.05) is 19.4 Å². The summed E-state index contributed by atoms with van der Waals surface area (Å²) in [5, 5.41) is 61.3. The number of hydrogen-bond acceptors (Lipinski definition) is 11. The van der Waals surface area contributed by atoms with Crippen LogP contribution in [0.5, 0.6) is 23.0 Å². The molecule has 11 heteroatoms. The van der Waals surface area contributed by atoms with Crippen molar-refractivity contribution in [2.24, 2.45) is 0 Å². The molecule has 0 spiro atoms. The summed E-state index contributed by atoms with van der Waals surface area (Å²) in [7, 11) is 4.38. The van der Waals surface area contributed by atoms with Crippen LogP contribution in [0.15, 0.2) is 30.3 Å². The lowest BCUT2D eigenvalue weighted by Gasteiger charge is -2.45. The van der Waals surface area contributed by atoms with Crippen molar-refractivity contribution < 1.29 is 54.3 Å². The van der Waals surface area contributed by atoms with Gasteiger partial charge in [-0.1, -0.05) is 6.07 Å². The summed E-state index contributed by atoms with van der Waals surface area (Å²) < 4.78 is 28.2. The van der Waals surface area contributed by atoms with Crippen LogP contribution in [0.3, 0.4) is 0 Å². The molecule has 8 unspecified atom stereocenters. The maximum absolute atomic E-state index is 10.6. The first-order chi connectivity index (χ1) is 17.2. The molecule has 2 aliphatic rings. The first-order valence-corrected chi connectivity index (χ1v) is 11.5. The highest BCUT2D eigenvalue weighted by Crippen LogP contribution is 2.46. The second-order valence-electron chi connectivity index (χ2n) is 8.91. The molecule has 2 aromatic rings. The lowest BCUT2D eigenvalue weighted by Crippen LogP contribution is -2.60. The van der Waals surface area contributed by atoms with Crippen LogP contribution in [0.1, 0.15) is 22.6 Å². The van der Waals surface area contributed by atoms with Crippen LogP contribution in [0.4, 0.5) is 0 Å². The molecule has 11 nitrogen and oxygen atoms in total. The van der Waals surface area contributed by atoms with Crippen molar-refractivity contribution in [3.05, 3.63) is 47.0 Å².